The van der Waals surface area contributed by atoms with Crippen LogP contribution in [0.25, 0.3) is 0 Å². The van der Waals surface area contributed by atoms with Gasteiger partial charge in [0.15, 0.2) is 0 Å². The summed E-state index contributed by atoms with van der Waals surface area (Å²) in [6.07, 6.45) is 4.90. The van der Waals surface area contributed by atoms with Gasteiger partial charge in [0.1, 0.15) is 5.75 Å². The maximum Gasteiger partial charge on any atom is 0.225 e. The summed E-state index contributed by atoms with van der Waals surface area (Å²) >= 11 is 0. The lowest BCUT2D eigenvalue weighted by Crippen LogP contribution is -2.52. The molecule has 7 heteroatoms. The standard InChI is InChI=1S/C21H29N5O2/c1-26-13-15(9-24-26)18-10-23-11-19(18)21(27)25-20-12-22-8-7-17(20)14-3-5-16(28-2)6-4-14/h3-6,9,13,17-20,22-23H,7-8,10-12H2,1-2H3,(H,25,27)/t17?,18-,19+,20?/m1/s1. The molecular weight excluding hydrogens is 354 g/mol. The summed E-state index contributed by atoms with van der Waals surface area (Å²) in [5.74, 6) is 1.40. The zero-order chi connectivity index (χ0) is 19.5. The molecule has 1 amide bonds. The summed E-state index contributed by atoms with van der Waals surface area (Å²) in [5, 5.41) is 14.4. The van der Waals surface area contributed by atoms with E-state index in [0.29, 0.717) is 12.5 Å². The van der Waals surface area contributed by atoms with Gasteiger partial charge in [0.05, 0.1) is 19.2 Å². The molecule has 2 unspecified atom stereocenters. The first kappa shape index (κ1) is 19.0. The van der Waals surface area contributed by atoms with Crippen LogP contribution < -0.4 is 20.7 Å². The van der Waals surface area contributed by atoms with Gasteiger partial charge in [-0.3, -0.25) is 9.48 Å². The summed E-state index contributed by atoms with van der Waals surface area (Å²) in [6, 6.07) is 8.31. The molecule has 2 aliphatic rings. The van der Waals surface area contributed by atoms with E-state index in [2.05, 4.69) is 33.2 Å². The minimum atomic E-state index is -0.0670. The van der Waals surface area contributed by atoms with Crippen LogP contribution in [-0.2, 0) is 11.8 Å². The van der Waals surface area contributed by atoms with Crippen molar-refractivity contribution < 1.29 is 9.53 Å². The first-order valence-electron chi connectivity index (χ1n) is 10.00. The van der Waals surface area contributed by atoms with Gasteiger partial charge in [0.2, 0.25) is 5.91 Å². The monoisotopic (exact) mass is 383 g/mol. The fourth-order valence-corrected chi connectivity index (χ4v) is 4.49. The van der Waals surface area contributed by atoms with Gasteiger partial charge in [-0.1, -0.05) is 12.1 Å². The van der Waals surface area contributed by atoms with Crippen molar-refractivity contribution in [3.8, 4) is 5.75 Å². The molecule has 2 fully saturated rings. The van der Waals surface area contributed by atoms with Crippen molar-refractivity contribution in [3.05, 3.63) is 47.8 Å². The summed E-state index contributed by atoms with van der Waals surface area (Å²) in [5.41, 5.74) is 2.38. The third-order valence-corrected chi connectivity index (χ3v) is 6.06. The molecule has 3 heterocycles. The van der Waals surface area contributed by atoms with Crippen LogP contribution in [0.2, 0.25) is 0 Å². The van der Waals surface area contributed by atoms with Crippen LogP contribution in [0.3, 0.4) is 0 Å². The van der Waals surface area contributed by atoms with E-state index in [1.165, 1.54) is 5.56 Å². The molecule has 2 saturated heterocycles. The minimum absolute atomic E-state index is 0.0670. The molecule has 7 nitrogen and oxygen atoms in total. The van der Waals surface area contributed by atoms with Gasteiger partial charge in [-0.15, -0.1) is 0 Å². The third kappa shape index (κ3) is 3.91. The maximum absolute atomic E-state index is 13.2. The van der Waals surface area contributed by atoms with Crippen LogP contribution in [0.5, 0.6) is 5.75 Å². The average Bonchev–Trinajstić information content (AvgIpc) is 3.37. The average molecular weight is 383 g/mol. The number of benzene rings is 1. The van der Waals surface area contributed by atoms with E-state index in [0.717, 1.165) is 37.4 Å². The quantitative estimate of drug-likeness (QED) is 0.718. The predicted octanol–water partition coefficient (Wildman–Crippen LogP) is 0.994. The van der Waals surface area contributed by atoms with E-state index in [1.807, 2.05) is 31.6 Å². The Morgan fingerprint density at radius 2 is 1.96 bits per heavy atom. The highest BCUT2D eigenvalue weighted by Crippen LogP contribution is 2.30. The van der Waals surface area contributed by atoms with Gasteiger partial charge >= 0.3 is 0 Å². The van der Waals surface area contributed by atoms with Crippen LogP contribution in [0.15, 0.2) is 36.7 Å². The van der Waals surface area contributed by atoms with E-state index in [-0.39, 0.29) is 23.8 Å². The fourth-order valence-electron chi connectivity index (χ4n) is 4.49. The van der Waals surface area contributed by atoms with Gasteiger partial charge in [-0.25, -0.2) is 0 Å². The first-order valence-corrected chi connectivity index (χ1v) is 10.00. The van der Waals surface area contributed by atoms with Crippen molar-refractivity contribution in [1.29, 1.82) is 0 Å². The molecule has 0 saturated carbocycles. The van der Waals surface area contributed by atoms with Crippen LogP contribution in [0.4, 0.5) is 0 Å². The number of nitrogens with zero attached hydrogens (tertiary/aromatic N) is 2. The van der Waals surface area contributed by atoms with Crippen molar-refractivity contribution in [2.75, 3.05) is 33.3 Å². The van der Waals surface area contributed by atoms with Crippen LogP contribution in [-0.4, -0.2) is 55.0 Å². The molecule has 150 valence electrons. The third-order valence-electron chi connectivity index (χ3n) is 6.06. The molecule has 0 bridgehead atoms. The van der Waals surface area contributed by atoms with Crippen molar-refractivity contribution >= 4 is 5.91 Å². The van der Waals surface area contributed by atoms with Crippen molar-refractivity contribution in [2.45, 2.75) is 24.3 Å². The number of amides is 1. The first-order chi connectivity index (χ1) is 13.7. The molecule has 4 atom stereocenters. The molecule has 2 aliphatic heterocycles. The van der Waals surface area contributed by atoms with Gasteiger partial charge in [0.25, 0.3) is 0 Å². The Kier molecular flexibility index (Phi) is 5.64. The molecule has 0 aliphatic carbocycles. The molecule has 2 aromatic rings. The van der Waals surface area contributed by atoms with E-state index < -0.39 is 0 Å². The predicted molar refractivity (Wildman–Crippen MR) is 107 cm³/mol. The lowest BCUT2D eigenvalue weighted by atomic mass is 9.84. The number of hydrogen-bond donors (Lipinski definition) is 3. The largest absolute Gasteiger partial charge is 0.497 e. The second kappa shape index (κ2) is 8.32. The number of piperidine rings is 1. The number of methoxy groups -OCH3 is 1. The van der Waals surface area contributed by atoms with E-state index >= 15 is 0 Å². The topological polar surface area (TPSA) is 80.2 Å². The normalized spacial score (nSPS) is 27.5. The lowest BCUT2D eigenvalue weighted by Gasteiger charge is -2.34. The zero-order valence-corrected chi connectivity index (χ0v) is 16.5. The summed E-state index contributed by atoms with van der Waals surface area (Å²) < 4.78 is 7.07. The van der Waals surface area contributed by atoms with Crippen LogP contribution in [0.1, 0.15) is 29.4 Å². The number of rotatable bonds is 5. The summed E-state index contributed by atoms with van der Waals surface area (Å²) in [4.78, 5) is 13.2. The molecule has 3 N–H and O–H groups in total. The van der Waals surface area contributed by atoms with E-state index in [4.69, 9.17) is 4.74 Å². The number of hydrogen-bond acceptors (Lipinski definition) is 5. The zero-order valence-electron chi connectivity index (χ0n) is 16.5. The maximum atomic E-state index is 13.2. The summed E-state index contributed by atoms with van der Waals surface area (Å²) in [7, 11) is 3.59. The number of carbonyl (C=O) groups is 1. The molecule has 1 aromatic carbocycles. The van der Waals surface area contributed by atoms with E-state index in [9.17, 15) is 4.79 Å². The molecule has 1 aromatic heterocycles. The Balaban J connectivity index is 1.46. The number of nitrogens with one attached hydrogen (secondary N) is 3. The second-order valence-electron chi connectivity index (χ2n) is 7.81. The van der Waals surface area contributed by atoms with Gasteiger partial charge < -0.3 is 20.7 Å². The van der Waals surface area contributed by atoms with Gasteiger partial charge in [-0.05, 0) is 36.2 Å². The Hall–Kier alpha value is -2.38. The Morgan fingerprint density at radius 1 is 1.14 bits per heavy atom. The fraction of sp³-hybridized carbons (Fsp3) is 0.524. The molecule has 28 heavy (non-hydrogen) atoms. The second-order valence-corrected chi connectivity index (χ2v) is 7.81. The van der Waals surface area contributed by atoms with Gasteiger partial charge in [-0.2, -0.15) is 5.10 Å². The van der Waals surface area contributed by atoms with Crippen LogP contribution >= 0.6 is 0 Å². The Bertz CT molecular complexity index is 803. The molecule has 0 spiro atoms. The molecule has 0 radical (unpaired) electrons. The minimum Gasteiger partial charge on any atom is -0.497 e. The highest BCUT2D eigenvalue weighted by molar-refractivity contribution is 5.81. The number of carbonyl (C=O) groups excluding carboxylic acids is 1. The van der Waals surface area contributed by atoms with Crippen LogP contribution in [0, 0.1) is 5.92 Å². The van der Waals surface area contributed by atoms with Crippen molar-refractivity contribution in [2.24, 2.45) is 13.0 Å². The van der Waals surface area contributed by atoms with Crippen molar-refractivity contribution in [3.63, 3.8) is 0 Å². The number of aryl methyl sites for hydroxylation is 1. The number of ether oxygens (including phenoxy) is 1. The van der Waals surface area contributed by atoms with Gasteiger partial charge in [0, 0.05) is 50.8 Å². The lowest BCUT2D eigenvalue weighted by molar-refractivity contribution is -0.125. The smallest absolute Gasteiger partial charge is 0.225 e. The number of aromatic nitrogens is 2. The Labute approximate surface area is 165 Å². The highest BCUT2D eigenvalue weighted by atomic mass is 16.5. The SMILES string of the molecule is COc1ccc(C2CCNCC2NC(=O)[C@H]2CNC[C@@H]2c2cnn(C)c2)cc1. The summed E-state index contributed by atoms with van der Waals surface area (Å²) in [6.45, 7) is 3.28. The molecule has 4 rings (SSSR count). The Morgan fingerprint density at radius 3 is 2.68 bits per heavy atom. The van der Waals surface area contributed by atoms with Crippen molar-refractivity contribution in [1.82, 2.24) is 25.7 Å². The van der Waals surface area contributed by atoms with E-state index in [1.54, 1.807) is 11.8 Å². The highest BCUT2D eigenvalue weighted by Gasteiger charge is 2.37. The molecular formula is C21H29N5O2.